The molecule has 0 aromatic rings. The second kappa shape index (κ2) is 9.37. The molecule has 0 aliphatic heterocycles. The summed E-state index contributed by atoms with van der Waals surface area (Å²) in [4.78, 5) is 10.7. The van der Waals surface area contributed by atoms with Gasteiger partial charge in [-0.2, -0.15) is 0 Å². The molecule has 3 nitrogen and oxygen atoms in total. The summed E-state index contributed by atoms with van der Waals surface area (Å²) >= 11 is 0. The first-order valence-electron chi connectivity index (χ1n) is 5.25. The van der Waals surface area contributed by atoms with Crippen LogP contribution in [0.2, 0.25) is 0 Å². The highest BCUT2D eigenvalue weighted by Gasteiger charge is 2.03. The highest BCUT2D eigenvalue weighted by molar-refractivity contribution is 6.57. The molecule has 0 rings (SSSR count). The van der Waals surface area contributed by atoms with Crippen LogP contribution in [-0.4, -0.2) is 36.2 Å². The monoisotopic (exact) mass is 218 g/mol. The van der Waals surface area contributed by atoms with Crippen molar-refractivity contribution in [2.45, 2.75) is 44.8 Å². The normalized spacial score (nSPS) is 11.1. The molecule has 0 amide bonds. The number of ether oxygens (including phenoxy) is 2. The first-order chi connectivity index (χ1) is 6.70. The second-order valence-electron chi connectivity index (χ2n) is 3.56. The SMILES string of the molecule is COC(CCCCCCC(=O)[SiH3])OC. The fraction of sp³-hybridized carbons (Fsp3) is 0.900. The van der Waals surface area contributed by atoms with Gasteiger partial charge in [-0.3, -0.25) is 0 Å². The van der Waals surface area contributed by atoms with E-state index in [0.29, 0.717) is 15.6 Å². The molecule has 84 valence electrons. The van der Waals surface area contributed by atoms with Crippen LogP contribution in [0.5, 0.6) is 0 Å². The van der Waals surface area contributed by atoms with Gasteiger partial charge in [-0.15, -0.1) is 0 Å². The Bertz CT molecular complexity index is 146. The van der Waals surface area contributed by atoms with E-state index in [1.807, 2.05) is 0 Å². The zero-order valence-corrected chi connectivity index (χ0v) is 11.5. The molecule has 0 aliphatic rings. The van der Waals surface area contributed by atoms with Crippen LogP contribution in [0.3, 0.4) is 0 Å². The molecule has 0 atom stereocenters. The summed E-state index contributed by atoms with van der Waals surface area (Å²) < 4.78 is 10.1. The minimum atomic E-state index is -0.0600. The van der Waals surface area contributed by atoms with E-state index in [2.05, 4.69) is 0 Å². The third-order valence-electron chi connectivity index (χ3n) is 2.24. The molecule has 0 N–H and O–H groups in total. The number of carbonyl (C=O) groups excluding carboxylic acids is 1. The lowest BCUT2D eigenvalue weighted by molar-refractivity contribution is -0.112. The van der Waals surface area contributed by atoms with Gasteiger partial charge in [0.2, 0.25) is 0 Å². The third-order valence-corrected chi connectivity index (χ3v) is 2.74. The molecular formula is C10H22O3Si. The van der Waals surface area contributed by atoms with Crippen LogP contribution in [0.25, 0.3) is 0 Å². The van der Waals surface area contributed by atoms with Crippen molar-refractivity contribution in [1.29, 1.82) is 0 Å². The minimum Gasteiger partial charge on any atom is -0.356 e. The average Bonchev–Trinajstić information content (AvgIpc) is 2.16. The van der Waals surface area contributed by atoms with Crippen LogP contribution in [0.4, 0.5) is 0 Å². The Labute approximate surface area is 89.6 Å². The smallest absolute Gasteiger partial charge is 0.156 e. The molecule has 0 aliphatic carbocycles. The van der Waals surface area contributed by atoms with Crippen LogP contribution >= 0.6 is 0 Å². The van der Waals surface area contributed by atoms with Crippen molar-refractivity contribution in [1.82, 2.24) is 0 Å². The van der Waals surface area contributed by atoms with Gasteiger partial charge in [-0.05, 0) is 19.3 Å². The molecule has 0 unspecified atom stereocenters. The standard InChI is InChI=1S/C10H22O3Si/c1-12-10(13-2)8-6-4-3-5-7-9(11)14/h10H,3-8H2,1-2,14H3. The van der Waals surface area contributed by atoms with Crippen molar-refractivity contribution in [3.8, 4) is 0 Å². The average molecular weight is 218 g/mol. The van der Waals surface area contributed by atoms with Crippen molar-refractivity contribution in [2.75, 3.05) is 14.2 Å². The number of methoxy groups -OCH3 is 2. The van der Waals surface area contributed by atoms with Crippen LogP contribution in [-0.2, 0) is 14.3 Å². The maximum absolute atomic E-state index is 10.7. The maximum atomic E-state index is 10.7. The Balaban J connectivity index is 3.16. The molecule has 0 aromatic carbocycles. The second-order valence-corrected chi connectivity index (χ2v) is 4.67. The molecule has 0 aromatic heterocycles. The fourth-order valence-electron chi connectivity index (χ4n) is 1.37. The minimum absolute atomic E-state index is 0.0600. The number of carbonyl (C=O) groups is 1. The van der Waals surface area contributed by atoms with Crippen LogP contribution in [0.15, 0.2) is 0 Å². The Morgan fingerprint density at radius 2 is 1.71 bits per heavy atom. The molecular weight excluding hydrogens is 196 g/mol. The zero-order chi connectivity index (χ0) is 10.8. The molecule has 4 heteroatoms. The molecule has 0 heterocycles. The summed E-state index contributed by atoms with van der Waals surface area (Å²) in [5.74, 6) is 0. The van der Waals surface area contributed by atoms with Gasteiger partial charge in [-0.1, -0.05) is 12.8 Å². The Morgan fingerprint density at radius 3 is 2.21 bits per heavy atom. The van der Waals surface area contributed by atoms with Gasteiger partial charge in [-0.25, -0.2) is 0 Å². The Hall–Kier alpha value is -0.193. The molecule has 0 saturated carbocycles. The lowest BCUT2D eigenvalue weighted by Gasteiger charge is -2.12. The highest BCUT2D eigenvalue weighted by atomic mass is 28.1. The Morgan fingerprint density at radius 1 is 1.14 bits per heavy atom. The van der Waals surface area contributed by atoms with E-state index in [1.165, 1.54) is 0 Å². The summed E-state index contributed by atoms with van der Waals surface area (Å²) in [6, 6.07) is 0. The Kier molecular flexibility index (Phi) is 9.24. The van der Waals surface area contributed by atoms with E-state index in [4.69, 9.17) is 9.47 Å². The fourth-order valence-corrected chi connectivity index (χ4v) is 1.72. The van der Waals surface area contributed by atoms with E-state index in [-0.39, 0.29) is 6.29 Å². The number of unbranched alkanes of at least 4 members (excludes halogenated alkanes) is 3. The third kappa shape index (κ3) is 8.41. The zero-order valence-electron chi connectivity index (χ0n) is 9.54. The van der Waals surface area contributed by atoms with Crippen LogP contribution in [0, 0.1) is 0 Å². The largest absolute Gasteiger partial charge is 0.356 e. The predicted molar refractivity (Wildman–Crippen MR) is 60.5 cm³/mol. The van der Waals surface area contributed by atoms with Gasteiger partial charge in [0.1, 0.15) is 5.41 Å². The number of rotatable bonds is 9. The van der Waals surface area contributed by atoms with Crippen molar-refractivity contribution >= 4 is 15.6 Å². The molecule has 0 fully saturated rings. The van der Waals surface area contributed by atoms with Crippen molar-refractivity contribution < 1.29 is 14.3 Å². The van der Waals surface area contributed by atoms with Crippen molar-refractivity contribution in [3.05, 3.63) is 0 Å². The first kappa shape index (κ1) is 13.8. The van der Waals surface area contributed by atoms with E-state index >= 15 is 0 Å². The lowest BCUT2D eigenvalue weighted by atomic mass is 10.1. The van der Waals surface area contributed by atoms with Crippen molar-refractivity contribution in [3.63, 3.8) is 0 Å². The van der Waals surface area contributed by atoms with Gasteiger partial charge in [0, 0.05) is 20.6 Å². The molecule has 0 spiro atoms. The van der Waals surface area contributed by atoms with Gasteiger partial charge < -0.3 is 14.3 Å². The first-order valence-corrected chi connectivity index (χ1v) is 6.25. The summed E-state index contributed by atoms with van der Waals surface area (Å²) in [7, 11) is 4.03. The van der Waals surface area contributed by atoms with E-state index in [9.17, 15) is 4.79 Å². The number of hydrogen-bond acceptors (Lipinski definition) is 3. The van der Waals surface area contributed by atoms with Gasteiger partial charge in [0.15, 0.2) is 6.29 Å². The summed E-state index contributed by atoms with van der Waals surface area (Å²) in [6.45, 7) is 0. The topological polar surface area (TPSA) is 35.5 Å². The number of hydrogen-bond donors (Lipinski definition) is 0. The van der Waals surface area contributed by atoms with E-state index in [1.54, 1.807) is 14.2 Å². The lowest BCUT2D eigenvalue weighted by Crippen LogP contribution is -2.12. The van der Waals surface area contributed by atoms with E-state index in [0.717, 1.165) is 38.5 Å². The summed E-state index contributed by atoms with van der Waals surface area (Å²) in [5.41, 5.74) is 0. The summed E-state index contributed by atoms with van der Waals surface area (Å²) in [6.07, 6.45) is 6.14. The van der Waals surface area contributed by atoms with Crippen molar-refractivity contribution in [2.24, 2.45) is 0 Å². The van der Waals surface area contributed by atoms with Gasteiger partial charge in [0.05, 0.1) is 10.2 Å². The predicted octanol–water partition coefficient (Wildman–Crippen LogP) is 0.838. The van der Waals surface area contributed by atoms with Gasteiger partial charge in [0.25, 0.3) is 0 Å². The molecule has 0 saturated heterocycles. The van der Waals surface area contributed by atoms with E-state index < -0.39 is 0 Å². The van der Waals surface area contributed by atoms with Crippen LogP contribution < -0.4 is 0 Å². The molecule has 14 heavy (non-hydrogen) atoms. The quantitative estimate of drug-likeness (QED) is 0.327. The van der Waals surface area contributed by atoms with Crippen LogP contribution in [0.1, 0.15) is 38.5 Å². The molecule has 0 radical (unpaired) electrons. The molecule has 0 bridgehead atoms. The summed E-state index contributed by atoms with van der Waals surface area (Å²) in [5, 5.41) is 0.427. The maximum Gasteiger partial charge on any atom is 0.156 e. The highest BCUT2D eigenvalue weighted by Crippen LogP contribution is 2.09. The van der Waals surface area contributed by atoms with Gasteiger partial charge >= 0.3 is 0 Å².